The first-order chi connectivity index (χ1) is 6.13. The standard InChI is InChI=1S/C5H6N4O2S2/c6-8-5-7-3-1-2-12-4(3)13(10,11)9-5/h1-2H,6H2,(H2,7,8,9). The van der Waals surface area contributed by atoms with Gasteiger partial charge in [-0.15, -0.1) is 15.7 Å². The fourth-order valence-electron chi connectivity index (χ4n) is 0.962. The van der Waals surface area contributed by atoms with Gasteiger partial charge < -0.3 is 5.32 Å². The number of fused-ring (bicyclic) bond motifs is 1. The van der Waals surface area contributed by atoms with Crippen LogP contribution in [0.4, 0.5) is 5.69 Å². The first-order valence-electron chi connectivity index (χ1n) is 3.29. The van der Waals surface area contributed by atoms with Crippen molar-refractivity contribution in [1.29, 1.82) is 0 Å². The number of hydrazine groups is 1. The fraction of sp³-hybridized carbons (Fsp3) is 0. The molecule has 1 aliphatic heterocycles. The third kappa shape index (κ3) is 1.28. The maximum Gasteiger partial charge on any atom is 0.297 e. The van der Waals surface area contributed by atoms with Gasteiger partial charge in [0, 0.05) is 0 Å². The van der Waals surface area contributed by atoms with Crippen molar-refractivity contribution in [2.75, 3.05) is 5.32 Å². The zero-order chi connectivity index (χ0) is 9.47. The van der Waals surface area contributed by atoms with Crippen LogP contribution in [0.15, 0.2) is 20.1 Å². The summed E-state index contributed by atoms with van der Waals surface area (Å²) in [6.07, 6.45) is 0. The molecule has 6 nitrogen and oxygen atoms in total. The van der Waals surface area contributed by atoms with Crippen LogP contribution >= 0.6 is 11.3 Å². The molecule has 0 radical (unpaired) electrons. The molecule has 0 amide bonds. The second-order valence-electron chi connectivity index (χ2n) is 2.31. The van der Waals surface area contributed by atoms with Crippen LogP contribution in [0.2, 0.25) is 0 Å². The molecule has 8 heteroatoms. The van der Waals surface area contributed by atoms with Gasteiger partial charge in [-0.25, -0.2) is 5.84 Å². The lowest BCUT2D eigenvalue weighted by Gasteiger charge is -2.13. The van der Waals surface area contributed by atoms with Crippen LogP contribution in [0, 0.1) is 0 Å². The third-order valence-electron chi connectivity index (χ3n) is 1.47. The Hall–Kier alpha value is -1.12. The topological polar surface area (TPSA) is 96.6 Å². The van der Waals surface area contributed by atoms with Crippen LogP contribution < -0.4 is 16.6 Å². The van der Waals surface area contributed by atoms with E-state index >= 15 is 0 Å². The van der Waals surface area contributed by atoms with Crippen LogP contribution in [0.3, 0.4) is 0 Å². The largest absolute Gasteiger partial charge is 0.322 e. The number of nitrogens with zero attached hydrogens (tertiary/aromatic N) is 1. The van der Waals surface area contributed by atoms with Crippen molar-refractivity contribution in [1.82, 2.24) is 5.43 Å². The Morgan fingerprint density at radius 1 is 1.62 bits per heavy atom. The van der Waals surface area contributed by atoms with Crippen LogP contribution in [-0.2, 0) is 10.0 Å². The zero-order valence-corrected chi connectivity index (χ0v) is 7.95. The van der Waals surface area contributed by atoms with Crippen LogP contribution in [0.5, 0.6) is 0 Å². The first-order valence-corrected chi connectivity index (χ1v) is 5.61. The van der Waals surface area contributed by atoms with E-state index < -0.39 is 10.0 Å². The Balaban J connectivity index is 2.60. The predicted molar refractivity (Wildman–Crippen MR) is 49.9 cm³/mol. The van der Waals surface area contributed by atoms with Gasteiger partial charge in [0.25, 0.3) is 10.0 Å². The molecule has 0 unspecified atom stereocenters. The van der Waals surface area contributed by atoms with Gasteiger partial charge in [-0.05, 0) is 11.4 Å². The average molecular weight is 218 g/mol. The quantitative estimate of drug-likeness (QED) is 0.409. The summed E-state index contributed by atoms with van der Waals surface area (Å²) >= 11 is 1.12. The van der Waals surface area contributed by atoms with Crippen molar-refractivity contribution in [3.8, 4) is 0 Å². The van der Waals surface area contributed by atoms with E-state index in [1.54, 1.807) is 11.4 Å². The second-order valence-corrected chi connectivity index (χ2v) is 5.02. The van der Waals surface area contributed by atoms with Crippen LogP contribution in [0.1, 0.15) is 0 Å². The predicted octanol–water partition coefficient (Wildman–Crippen LogP) is -0.318. The van der Waals surface area contributed by atoms with Crippen molar-refractivity contribution in [2.24, 2.45) is 10.2 Å². The maximum atomic E-state index is 11.4. The number of hydrogen-bond acceptors (Lipinski definition) is 6. The molecule has 0 saturated heterocycles. The smallest absolute Gasteiger partial charge is 0.297 e. The molecule has 0 saturated carbocycles. The number of thiophene rings is 1. The molecule has 1 aliphatic rings. The third-order valence-corrected chi connectivity index (χ3v) is 4.20. The van der Waals surface area contributed by atoms with Crippen molar-refractivity contribution in [3.63, 3.8) is 0 Å². The van der Waals surface area contributed by atoms with Gasteiger partial charge in [-0.2, -0.15) is 8.42 Å². The lowest BCUT2D eigenvalue weighted by Crippen LogP contribution is -2.38. The van der Waals surface area contributed by atoms with E-state index in [0.717, 1.165) is 11.3 Å². The lowest BCUT2D eigenvalue weighted by molar-refractivity contribution is 0.599. The Morgan fingerprint density at radius 3 is 3.08 bits per heavy atom. The molecule has 0 aromatic carbocycles. The van der Waals surface area contributed by atoms with Crippen molar-refractivity contribution >= 4 is 33.0 Å². The summed E-state index contributed by atoms with van der Waals surface area (Å²) in [5.74, 6) is 5.08. The number of guanidine groups is 1. The van der Waals surface area contributed by atoms with E-state index in [9.17, 15) is 8.42 Å². The van der Waals surface area contributed by atoms with Crippen LogP contribution in [0.25, 0.3) is 0 Å². The molecule has 0 bridgehead atoms. The number of nitrogens with two attached hydrogens (primary N) is 1. The molecule has 70 valence electrons. The van der Waals surface area contributed by atoms with Gasteiger partial charge in [0.2, 0.25) is 5.96 Å². The highest BCUT2D eigenvalue weighted by Crippen LogP contribution is 2.31. The van der Waals surface area contributed by atoms with E-state index in [-0.39, 0.29) is 10.2 Å². The van der Waals surface area contributed by atoms with Gasteiger partial charge in [0.05, 0.1) is 5.69 Å². The summed E-state index contributed by atoms with van der Waals surface area (Å²) in [6, 6.07) is 1.66. The molecule has 0 fully saturated rings. The Morgan fingerprint density at radius 2 is 2.38 bits per heavy atom. The molecule has 1 aromatic rings. The average Bonchev–Trinajstić information content (AvgIpc) is 2.51. The highest BCUT2D eigenvalue weighted by atomic mass is 32.2. The molecule has 1 aromatic heterocycles. The van der Waals surface area contributed by atoms with Gasteiger partial charge in [0.15, 0.2) is 4.21 Å². The minimum atomic E-state index is -3.56. The molecule has 0 aliphatic carbocycles. The van der Waals surface area contributed by atoms with Gasteiger partial charge >= 0.3 is 0 Å². The van der Waals surface area contributed by atoms with Gasteiger partial charge in [-0.3, -0.25) is 5.43 Å². The highest BCUT2D eigenvalue weighted by molar-refractivity contribution is 7.92. The summed E-state index contributed by atoms with van der Waals surface area (Å²) in [5, 5.41) is 4.40. The zero-order valence-electron chi connectivity index (χ0n) is 6.31. The molecule has 2 heterocycles. The Bertz CT molecular complexity index is 461. The van der Waals surface area contributed by atoms with Crippen molar-refractivity contribution in [2.45, 2.75) is 4.21 Å². The SMILES string of the molecule is NNC1=NS(=O)(=O)c2sccc2N1. The number of anilines is 1. The summed E-state index contributed by atoms with van der Waals surface area (Å²) in [5.41, 5.74) is 2.66. The second kappa shape index (κ2) is 2.69. The summed E-state index contributed by atoms with van der Waals surface area (Å²) in [4.78, 5) is 0. The number of nitrogens with one attached hydrogen (secondary N) is 2. The minimum absolute atomic E-state index is 0.0332. The monoisotopic (exact) mass is 218 g/mol. The molecule has 13 heavy (non-hydrogen) atoms. The van der Waals surface area contributed by atoms with Crippen LogP contribution in [-0.4, -0.2) is 14.4 Å². The van der Waals surface area contributed by atoms with E-state index in [2.05, 4.69) is 15.1 Å². The summed E-state index contributed by atoms with van der Waals surface area (Å²) in [7, 11) is -3.56. The molecule has 4 N–H and O–H groups in total. The number of hydrogen-bond donors (Lipinski definition) is 3. The molecule has 2 rings (SSSR count). The van der Waals surface area contributed by atoms with E-state index in [4.69, 9.17) is 5.84 Å². The molecule has 0 spiro atoms. The van der Waals surface area contributed by atoms with Crippen molar-refractivity contribution < 1.29 is 8.42 Å². The number of sulfonamides is 1. The number of rotatable bonds is 0. The molecular weight excluding hydrogens is 212 g/mol. The maximum absolute atomic E-state index is 11.4. The first kappa shape index (κ1) is 8.48. The summed E-state index contributed by atoms with van der Waals surface area (Å²) in [6.45, 7) is 0. The highest BCUT2D eigenvalue weighted by Gasteiger charge is 2.25. The lowest BCUT2D eigenvalue weighted by atomic mass is 10.5. The molecule has 0 atom stereocenters. The van der Waals surface area contributed by atoms with Gasteiger partial charge in [0.1, 0.15) is 0 Å². The minimum Gasteiger partial charge on any atom is -0.322 e. The van der Waals surface area contributed by atoms with Gasteiger partial charge in [-0.1, -0.05) is 0 Å². The van der Waals surface area contributed by atoms with Crippen molar-refractivity contribution in [3.05, 3.63) is 11.4 Å². The normalized spacial score (nSPS) is 18.4. The van der Waals surface area contributed by atoms with E-state index in [1.807, 2.05) is 0 Å². The molecular formula is C5H6N4O2S2. The summed E-state index contributed by atoms with van der Waals surface area (Å²) < 4.78 is 26.4. The fourth-order valence-corrected chi connectivity index (χ4v) is 3.12. The Kier molecular flexibility index (Phi) is 1.75. The Labute approximate surface area is 78.5 Å². The van der Waals surface area contributed by atoms with E-state index in [0.29, 0.717) is 5.69 Å². The van der Waals surface area contributed by atoms with E-state index in [1.165, 1.54) is 0 Å².